The fourth-order valence-corrected chi connectivity index (χ4v) is 4.60. The minimum absolute atomic E-state index is 0.0228. The van der Waals surface area contributed by atoms with Crippen molar-refractivity contribution in [3.05, 3.63) is 88.0 Å². The van der Waals surface area contributed by atoms with E-state index in [0.717, 1.165) is 27.9 Å². The highest BCUT2D eigenvalue weighted by molar-refractivity contribution is 6.38. The summed E-state index contributed by atoms with van der Waals surface area (Å²) in [4.78, 5) is 26.8. The number of hydrogen-bond donors (Lipinski definition) is 2. The van der Waals surface area contributed by atoms with Gasteiger partial charge in [0.25, 0.3) is 5.91 Å². The molecule has 0 atom stereocenters. The quantitative estimate of drug-likeness (QED) is 0.417. The summed E-state index contributed by atoms with van der Waals surface area (Å²) >= 11 is 0. The summed E-state index contributed by atoms with van der Waals surface area (Å²) in [6, 6.07) is 16.8. The van der Waals surface area contributed by atoms with Gasteiger partial charge in [-0.1, -0.05) is 30.3 Å². The van der Waals surface area contributed by atoms with Crippen molar-refractivity contribution >= 4 is 40.6 Å². The van der Waals surface area contributed by atoms with Gasteiger partial charge < -0.3 is 10.8 Å². The van der Waals surface area contributed by atoms with E-state index in [0.29, 0.717) is 17.2 Å². The molecule has 0 aromatic heterocycles. The number of nitrogens with zero attached hydrogens (tertiary/aromatic N) is 1. The molecule has 1 fully saturated rings. The van der Waals surface area contributed by atoms with E-state index in [1.54, 1.807) is 17.0 Å². The maximum atomic E-state index is 13.8. The van der Waals surface area contributed by atoms with Crippen LogP contribution in [0.15, 0.2) is 54.6 Å². The summed E-state index contributed by atoms with van der Waals surface area (Å²) in [5.74, 6) is -0.665. The first-order valence-electron chi connectivity index (χ1n) is 10.7. The summed E-state index contributed by atoms with van der Waals surface area (Å²) in [6.07, 6.45) is 4.40. The van der Waals surface area contributed by atoms with Crippen LogP contribution in [0.2, 0.25) is 0 Å². The molecule has 0 unspecified atom stereocenters. The zero-order valence-corrected chi connectivity index (χ0v) is 18.1. The number of carbonyl (C=O) groups excluding carboxylic acids is 1. The third kappa shape index (κ3) is 3.17. The average Bonchev–Trinajstić information content (AvgIpc) is 3.54. The second kappa shape index (κ2) is 7.38. The van der Waals surface area contributed by atoms with E-state index >= 15 is 0 Å². The van der Waals surface area contributed by atoms with E-state index in [-0.39, 0.29) is 17.2 Å². The van der Waals surface area contributed by atoms with Gasteiger partial charge in [0.05, 0.1) is 22.5 Å². The van der Waals surface area contributed by atoms with Crippen LogP contribution in [0.4, 0.5) is 17.1 Å². The van der Waals surface area contributed by atoms with Crippen LogP contribution in [-0.2, 0) is 4.79 Å². The van der Waals surface area contributed by atoms with Gasteiger partial charge in [-0.25, -0.2) is 4.79 Å². The smallest absolute Gasteiger partial charge is 0.337 e. The zero-order valence-electron chi connectivity index (χ0n) is 18.1. The van der Waals surface area contributed by atoms with E-state index in [4.69, 9.17) is 5.73 Å². The number of aromatic carboxylic acids is 1. The second-order valence-corrected chi connectivity index (χ2v) is 8.60. The Labute approximate surface area is 186 Å². The van der Waals surface area contributed by atoms with Crippen LogP contribution in [0.25, 0.3) is 11.6 Å². The van der Waals surface area contributed by atoms with Gasteiger partial charge in [-0.2, -0.15) is 0 Å². The predicted octanol–water partition coefficient (Wildman–Crippen LogP) is 5.68. The maximum Gasteiger partial charge on any atom is 0.337 e. The van der Waals surface area contributed by atoms with Gasteiger partial charge in [0.15, 0.2) is 0 Å². The Morgan fingerprint density at radius 2 is 1.78 bits per heavy atom. The molecule has 1 aliphatic carbocycles. The van der Waals surface area contributed by atoms with Crippen LogP contribution >= 0.6 is 0 Å². The van der Waals surface area contributed by atoms with E-state index in [1.807, 2.05) is 31.2 Å². The highest BCUT2D eigenvalue weighted by Gasteiger charge is 2.35. The van der Waals surface area contributed by atoms with Crippen molar-refractivity contribution in [3.8, 4) is 0 Å². The number of carbonyl (C=O) groups is 2. The summed E-state index contributed by atoms with van der Waals surface area (Å²) in [7, 11) is 0. The second-order valence-electron chi connectivity index (χ2n) is 8.60. The van der Waals surface area contributed by atoms with Crippen molar-refractivity contribution in [1.82, 2.24) is 0 Å². The lowest BCUT2D eigenvalue weighted by Gasteiger charge is -2.18. The van der Waals surface area contributed by atoms with E-state index in [2.05, 4.69) is 25.1 Å². The molecule has 0 spiro atoms. The van der Waals surface area contributed by atoms with Crippen molar-refractivity contribution in [1.29, 1.82) is 0 Å². The summed E-state index contributed by atoms with van der Waals surface area (Å²) in [5, 5.41) is 9.31. The number of carboxylic acid groups (broad SMARTS) is 1. The number of hydrogen-bond acceptors (Lipinski definition) is 3. The molecule has 0 bridgehead atoms. The molecule has 1 saturated carbocycles. The third-order valence-electron chi connectivity index (χ3n) is 6.38. The molecule has 2 aliphatic rings. The first-order valence-corrected chi connectivity index (χ1v) is 10.7. The fraction of sp³-hybridized carbons (Fsp3) is 0.185. The SMILES string of the molecule is Cc1cccc(C2CC2)c1/C=C1\C(=O)N(c2ccc(C(=O)O)c(N)c2)c2cccc(C)c21. The normalized spacial score (nSPS) is 16.5. The molecule has 1 aliphatic heterocycles. The Bertz CT molecular complexity index is 1320. The Hall–Kier alpha value is -3.86. The lowest BCUT2D eigenvalue weighted by Crippen LogP contribution is -2.21. The van der Waals surface area contributed by atoms with Gasteiger partial charge >= 0.3 is 5.97 Å². The van der Waals surface area contributed by atoms with Crippen molar-refractivity contribution in [2.24, 2.45) is 0 Å². The molecule has 0 radical (unpaired) electrons. The Morgan fingerprint density at radius 3 is 2.47 bits per heavy atom. The van der Waals surface area contributed by atoms with E-state index in [9.17, 15) is 14.7 Å². The molecular weight excluding hydrogens is 400 g/mol. The first-order chi connectivity index (χ1) is 15.4. The highest BCUT2D eigenvalue weighted by Crippen LogP contribution is 2.47. The molecule has 5 rings (SSSR count). The molecule has 3 aromatic rings. The molecule has 1 amide bonds. The maximum absolute atomic E-state index is 13.8. The minimum Gasteiger partial charge on any atom is -0.478 e. The van der Waals surface area contributed by atoms with Crippen LogP contribution in [0, 0.1) is 13.8 Å². The Balaban J connectivity index is 1.68. The number of fused-ring (bicyclic) bond motifs is 1. The molecular formula is C27H24N2O3. The molecule has 160 valence electrons. The fourth-order valence-electron chi connectivity index (χ4n) is 4.60. The molecule has 3 aromatic carbocycles. The largest absolute Gasteiger partial charge is 0.478 e. The Kier molecular flexibility index (Phi) is 4.63. The topological polar surface area (TPSA) is 83.6 Å². The lowest BCUT2D eigenvalue weighted by atomic mass is 9.93. The lowest BCUT2D eigenvalue weighted by molar-refractivity contribution is -0.112. The van der Waals surface area contributed by atoms with Crippen molar-refractivity contribution < 1.29 is 14.7 Å². The zero-order chi connectivity index (χ0) is 22.6. The van der Waals surface area contributed by atoms with Gasteiger partial charge in [-0.15, -0.1) is 0 Å². The van der Waals surface area contributed by atoms with Crippen molar-refractivity contribution in [2.45, 2.75) is 32.6 Å². The van der Waals surface area contributed by atoms with E-state index in [1.165, 1.54) is 24.5 Å². The van der Waals surface area contributed by atoms with Crippen molar-refractivity contribution in [3.63, 3.8) is 0 Å². The number of amides is 1. The number of nitrogens with two attached hydrogens (primary N) is 1. The first kappa shape index (κ1) is 20.1. The molecule has 5 nitrogen and oxygen atoms in total. The van der Waals surface area contributed by atoms with Gasteiger partial charge in [-0.3, -0.25) is 9.69 Å². The van der Waals surface area contributed by atoms with Crippen LogP contribution < -0.4 is 10.6 Å². The third-order valence-corrected chi connectivity index (χ3v) is 6.38. The number of benzene rings is 3. The molecule has 1 heterocycles. The standard InChI is InChI=1S/C27H24N2O3/c1-15-5-3-7-19(17-9-10-17)21(15)14-22-25-16(2)6-4-8-24(25)29(26(22)30)18-11-12-20(27(31)32)23(28)13-18/h3-8,11-14,17H,9-10,28H2,1-2H3,(H,31,32)/b22-14-. The van der Waals surface area contributed by atoms with Gasteiger partial charge in [0.2, 0.25) is 0 Å². The summed E-state index contributed by atoms with van der Waals surface area (Å²) in [5.41, 5.74) is 13.6. The number of nitrogen functional groups attached to an aromatic ring is 1. The molecule has 3 N–H and O–H groups in total. The van der Waals surface area contributed by atoms with Crippen LogP contribution in [0.1, 0.15) is 56.9 Å². The van der Waals surface area contributed by atoms with Crippen LogP contribution in [-0.4, -0.2) is 17.0 Å². The van der Waals surface area contributed by atoms with E-state index < -0.39 is 5.97 Å². The minimum atomic E-state index is -1.09. The van der Waals surface area contributed by atoms with Gasteiger partial charge in [0.1, 0.15) is 0 Å². The number of anilines is 3. The van der Waals surface area contributed by atoms with Gasteiger partial charge in [-0.05, 0) is 85.2 Å². The van der Waals surface area contributed by atoms with Crippen LogP contribution in [0.5, 0.6) is 0 Å². The Morgan fingerprint density at radius 1 is 1.06 bits per heavy atom. The molecule has 0 saturated heterocycles. The monoisotopic (exact) mass is 424 g/mol. The molecule has 5 heteroatoms. The van der Waals surface area contributed by atoms with Crippen LogP contribution in [0.3, 0.4) is 0 Å². The average molecular weight is 425 g/mol. The number of rotatable bonds is 4. The molecule has 32 heavy (non-hydrogen) atoms. The van der Waals surface area contributed by atoms with Gasteiger partial charge in [0, 0.05) is 11.3 Å². The summed E-state index contributed by atoms with van der Waals surface area (Å²) < 4.78 is 0. The predicted molar refractivity (Wildman–Crippen MR) is 127 cm³/mol. The summed E-state index contributed by atoms with van der Waals surface area (Å²) in [6.45, 7) is 4.09. The number of aryl methyl sites for hydroxylation is 2. The van der Waals surface area contributed by atoms with Crippen molar-refractivity contribution in [2.75, 3.05) is 10.6 Å². The highest BCUT2D eigenvalue weighted by atomic mass is 16.4. The number of carboxylic acids is 1.